The van der Waals surface area contributed by atoms with Gasteiger partial charge < -0.3 is 10.2 Å². The molecule has 0 fully saturated rings. The Morgan fingerprint density at radius 1 is 1.25 bits per heavy atom. The molecule has 24 heavy (non-hydrogen) atoms. The van der Waals surface area contributed by atoms with Crippen molar-refractivity contribution in [3.8, 4) is 5.69 Å². The van der Waals surface area contributed by atoms with Crippen LogP contribution in [0.5, 0.6) is 0 Å². The first-order valence-electron chi connectivity index (χ1n) is 7.86. The lowest BCUT2D eigenvalue weighted by molar-refractivity contribution is -0.384. The molecule has 1 aromatic heterocycles. The predicted octanol–water partition coefficient (Wildman–Crippen LogP) is 1.85. The number of hydrogen-bond acceptors (Lipinski definition) is 5. The first-order valence-corrected chi connectivity index (χ1v) is 7.86. The van der Waals surface area contributed by atoms with Gasteiger partial charge in [-0.05, 0) is 31.3 Å². The van der Waals surface area contributed by atoms with Gasteiger partial charge in [0.1, 0.15) is 0 Å². The molecule has 0 unspecified atom stereocenters. The number of hydrogen-bond donors (Lipinski definition) is 1. The van der Waals surface area contributed by atoms with Crippen LogP contribution < -0.4 is 5.32 Å². The van der Waals surface area contributed by atoms with E-state index in [9.17, 15) is 14.9 Å². The second-order valence-electron chi connectivity index (χ2n) is 5.20. The van der Waals surface area contributed by atoms with Crippen molar-refractivity contribution in [1.29, 1.82) is 0 Å². The van der Waals surface area contributed by atoms with Crippen molar-refractivity contribution in [3.63, 3.8) is 0 Å². The molecule has 1 aromatic carbocycles. The third kappa shape index (κ3) is 4.39. The number of carbonyl (C=O) groups excluding carboxylic acids is 1. The summed E-state index contributed by atoms with van der Waals surface area (Å²) >= 11 is 0. The van der Waals surface area contributed by atoms with Gasteiger partial charge in [-0.2, -0.15) is 5.10 Å². The molecule has 2 rings (SSSR count). The van der Waals surface area contributed by atoms with Crippen LogP contribution in [-0.2, 0) is 0 Å². The Bertz CT molecular complexity index is 692. The molecular formula is C16H21N5O3. The molecule has 1 amide bonds. The van der Waals surface area contributed by atoms with Crippen molar-refractivity contribution in [3.05, 3.63) is 52.3 Å². The maximum Gasteiger partial charge on any atom is 0.271 e. The fraction of sp³-hybridized carbons (Fsp3) is 0.375. The number of aromatic nitrogens is 2. The van der Waals surface area contributed by atoms with Crippen molar-refractivity contribution in [2.45, 2.75) is 13.8 Å². The van der Waals surface area contributed by atoms with E-state index < -0.39 is 4.92 Å². The second-order valence-corrected chi connectivity index (χ2v) is 5.20. The highest BCUT2D eigenvalue weighted by Crippen LogP contribution is 2.14. The van der Waals surface area contributed by atoms with Gasteiger partial charge in [-0.15, -0.1) is 0 Å². The monoisotopic (exact) mass is 331 g/mol. The molecule has 0 aliphatic rings. The molecule has 0 aliphatic carbocycles. The summed E-state index contributed by atoms with van der Waals surface area (Å²) in [6, 6.07) is 7.61. The van der Waals surface area contributed by atoms with Crippen LogP contribution in [0.4, 0.5) is 5.69 Å². The summed E-state index contributed by atoms with van der Waals surface area (Å²) in [6.07, 6.45) is 1.65. The van der Waals surface area contributed by atoms with Gasteiger partial charge in [0.15, 0.2) is 5.69 Å². The summed E-state index contributed by atoms with van der Waals surface area (Å²) in [6.45, 7) is 7.41. The van der Waals surface area contributed by atoms with E-state index in [0.29, 0.717) is 17.9 Å². The minimum atomic E-state index is -0.457. The molecule has 2 aromatic rings. The summed E-state index contributed by atoms with van der Waals surface area (Å²) in [5, 5.41) is 17.7. The molecule has 1 N–H and O–H groups in total. The van der Waals surface area contributed by atoms with Crippen molar-refractivity contribution in [2.24, 2.45) is 0 Å². The van der Waals surface area contributed by atoms with Crippen molar-refractivity contribution < 1.29 is 9.72 Å². The van der Waals surface area contributed by atoms with Gasteiger partial charge in [-0.3, -0.25) is 14.9 Å². The van der Waals surface area contributed by atoms with E-state index in [0.717, 1.165) is 19.6 Å². The lowest BCUT2D eigenvalue weighted by atomic mass is 10.3. The smallest absolute Gasteiger partial charge is 0.271 e. The molecule has 128 valence electrons. The zero-order valence-electron chi connectivity index (χ0n) is 13.8. The third-order valence-corrected chi connectivity index (χ3v) is 3.75. The van der Waals surface area contributed by atoms with Gasteiger partial charge in [0.2, 0.25) is 0 Å². The number of amides is 1. The predicted molar refractivity (Wildman–Crippen MR) is 90.3 cm³/mol. The standard InChI is InChI=1S/C16H21N5O3/c1-3-19(4-2)12-10-17-16(22)15-9-11-20(18-15)13-5-7-14(8-6-13)21(23)24/h5-9,11H,3-4,10,12H2,1-2H3,(H,17,22). The van der Waals surface area contributed by atoms with Crippen LogP contribution in [-0.4, -0.2) is 51.7 Å². The minimum Gasteiger partial charge on any atom is -0.349 e. The molecule has 0 radical (unpaired) electrons. The molecule has 0 aliphatic heterocycles. The summed E-state index contributed by atoms with van der Waals surface area (Å²) in [5.74, 6) is -0.234. The van der Waals surface area contributed by atoms with Crippen LogP contribution in [0.1, 0.15) is 24.3 Å². The average molecular weight is 331 g/mol. The van der Waals surface area contributed by atoms with Crippen LogP contribution in [0.3, 0.4) is 0 Å². The maximum absolute atomic E-state index is 12.1. The SMILES string of the molecule is CCN(CC)CCNC(=O)c1ccn(-c2ccc([N+](=O)[O-])cc2)n1. The first-order chi connectivity index (χ1) is 11.5. The van der Waals surface area contributed by atoms with Crippen LogP contribution in [0.25, 0.3) is 5.69 Å². The van der Waals surface area contributed by atoms with Crippen LogP contribution in [0.2, 0.25) is 0 Å². The maximum atomic E-state index is 12.1. The zero-order chi connectivity index (χ0) is 17.5. The fourth-order valence-electron chi connectivity index (χ4n) is 2.27. The number of rotatable bonds is 8. The number of nitrogens with one attached hydrogen (secondary N) is 1. The highest BCUT2D eigenvalue weighted by Gasteiger charge is 2.11. The summed E-state index contributed by atoms with van der Waals surface area (Å²) in [4.78, 5) is 24.5. The van der Waals surface area contributed by atoms with E-state index in [1.54, 1.807) is 24.4 Å². The number of likely N-dealkylation sites (N-methyl/N-ethyl adjacent to an activating group) is 1. The quantitative estimate of drug-likeness (QED) is 0.588. The van der Waals surface area contributed by atoms with E-state index in [1.807, 2.05) is 0 Å². The van der Waals surface area contributed by atoms with E-state index in [2.05, 4.69) is 29.2 Å². The largest absolute Gasteiger partial charge is 0.349 e. The molecule has 8 heteroatoms. The molecule has 0 atom stereocenters. The summed E-state index contributed by atoms with van der Waals surface area (Å²) in [5.41, 5.74) is 0.982. The van der Waals surface area contributed by atoms with E-state index in [-0.39, 0.29) is 11.6 Å². The normalized spacial score (nSPS) is 10.8. The fourth-order valence-corrected chi connectivity index (χ4v) is 2.27. The van der Waals surface area contributed by atoms with Gasteiger partial charge in [0.05, 0.1) is 10.6 Å². The number of carbonyl (C=O) groups is 1. The Labute approximate surface area is 140 Å². The highest BCUT2D eigenvalue weighted by molar-refractivity contribution is 5.92. The van der Waals surface area contributed by atoms with E-state index in [4.69, 9.17) is 0 Å². The number of nitro groups is 1. The Morgan fingerprint density at radius 3 is 2.50 bits per heavy atom. The Kier molecular flexibility index (Phi) is 6.02. The van der Waals surface area contributed by atoms with E-state index in [1.165, 1.54) is 16.8 Å². The lowest BCUT2D eigenvalue weighted by Gasteiger charge is -2.17. The lowest BCUT2D eigenvalue weighted by Crippen LogP contribution is -2.35. The van der Waals surface area contributed by atoms with Gasteiger partial charge >= 0.3 is 0 Å². The van der Waals surface area contributed by atoms with Gasteiger partial charge in [-0.25, -0.2) is 4.68 Å². The van der Waals surface area contributed by atoms with Crippen molar-refractivity contribution in [2.75, 3.05) is 26.2 Å². The number of benzene rings is 1. The molecule has 1 heterocycles. The number of nitrogens with zero attached hydrogens (tertiary/aromatic N) is 4. The summed E-state index contributed by atoms with van der Waals surface area (Å²) in [7, 11) is 0. The van der Waals surface area contributed by atoms with Gasteiger partial charge in [0, 0.05) is 31.4 Å². The van der Waals surface area contributed by atoms with Crippen molar-refractivity contribution in [1.82, 2.24) is 20.0 Å². The molecule has 0 saturated heterocycles. The summed E-state index contributed by atoms with van der Waals surface area (Å²) < 4.78 is 1.52. The average Bonchev–Trinajstić information content (AvgIpc) is 3.09. The third-order valence-electron chi connectivity index (χ3n) is 3.75. The molecule has 8 nitrogen and oxygen atoms in total. The topological polar surface area (TPSA) is 93.3 Å². The molecule has 0 spiro atoms. The highest BCUT2D eigenvalue weighted by atomic mass is 16.6. The second kappa shape index (κ2) is 8.21. The van der Waals surface area contributed by atoms with Crippen LogP contribution in [0, 0.1) is 10.1 Å². The first kappa shape index (κ1) is 17.6. The zero-order valence-corrected chi connectivity index (χ0v) is 13.8. The van der Waals surface area contributed by atoms with Crippen molar-refractivity contribution >= 4 is 11.6 Å². The molecule has 0 bridgehead atoms. The van der Waals surface area contributed by atoms with Gasteiger partial charge in [-0.1, -0.05) is 13.8 Å². The molecule has 0 saturated carbocycles. The van der Waals surface area contributed by atoms with Crippen LogP contribution >= 0.6 is 0 Å². The Balaban J connectivity index is 1.96. The minimum absolute atomic E-state index is 0.0141. The Morgan fingerprint density at radius 2 is 1.92 bits per heavy atom. The number of nitro benzene ring substituents is 1. The number of non-ortho nitro benzene ring substituents is 1. The Hall–Kier alpha value is -2.74. The van der Waals surface area contributed by atoms with Gasteiger partial charge in [0.25, 0.3) is 11.6 Å². The van der Waals surface area contributed by atoms with Crippen LogP contribution in [0.15, 0.2) is 36.5 Å². The van der Waals surface area contributed by atoms with E-state index >= 15 is 0 Å². The molecular weight excluding hydrogens is 310 g/mol.